The first-order valence-corrected chi connectivity index (χ1v) is 5.49. The number of aromatic nitrogens is 2. The van der Waals surface area contributed by atoms with Crippen molar-refractivity contribution in [3.05, 3.63) is 45.8 Å². The molecule has 0 saturated heterocycles. The number of benzene rings is 1. The van der Waals surface area contributed by atoms with Crippen molar-refractivity contribution >= 4 is 5.69 Å². The monoisotopic (exact) mass is 265 g/mol. The average Bonchev–Trinajstić information content (AvgIpc) is 2.66. The van der Waals surface area contributed by atoms with E-state index in [1.165, 1.54) is 11.7 Å². The Kier molecular flexibility index (Phi) is 3.20. The van der Waals surface area contributed by atoms with E-state index in [0.717, 1.165) is 12.1 Å². The van der Waals surface area contributed by atoms with E-state index in [4.69, 9.17) is 4.74 Å². The smallest absolute Gasteiger partial charge is 0.334 e. The maximum absolute atomic E-state index is 13.5. The lowest BCUT2D eigenvalue weighted by Crippen LogP contribution is -2.04. The van der Waals surface area contributed by atoms with E-state index >= 15 is 0 Å². The van der Waals surface area contributed by atoms with Crippen LogP contribution in [-0.2, 0) is 0 Å². The van der Waals surface area contributed by atoms with Crippen LogP contribution in [0.4, 0.5) is 10.1 Å². The number of imidazole rings is 1. The van der Waals surface area contributed by atoms with Gasteiger partial charge in [-0.15, -0.1) is 0 Å². The molecule has 1 aromatic carbocycles. The Morgan fingerprint density at radius 2 is 2.11 bits per heavy atom. The van der Waals surface area contributed by atoms with Gasteiger partial charge in [-0.2, -0.15) is 0 Å². The van der Waals surface area contributed by atoms with Crippen molar-refractivity contribution in [3.8, 4) is 11.4 Å². The number of rotatable bonds is 3. The summed E-state index contributed by atoms with van der Waals surface area (Å²) in [5.41, 5.74) is 0.499. The fourth-order valence-electron chi connectivity index (χ4n) is 1.95. The second-order valence-corrected chi connectivity index (χ2v) is 4.03. The number of aryl methyl sites for hydroxylation is 2. The molecule has 1 heterocycles. The van der Waals surface area contributed by atoms with Crippen LogP contribution < -0.4 is 4.74 Å². The van der Waals surface area contributed by atoms with Crippen molar-refractivity contribution in [3.63, 3.8) is 0 Å². The van der Waals surface area contributed by atoms with Crippen LogP contribution in [0.3, 0.4) is 0 Å². The van der Waals surface area contributed by atoms with Crippen molar-refractivity contribution in [2.24, 2.45) is 0 Å². The molecule has 100 valence electrons. The number of nitro benzene ring substituents is 1. The number of nitro groups is 1. The van der Waals surface area contributed by atoms with Gasteiger partial charge in [0, 0.05) is 18.3 Å². The molecule has 0 aliphatic rings. The summed E-state index contributed by atoms with van der Waals surface area (Å²) in [6, 6.07) is 2.08. The Labute approximate surface area is 108 Å². The standard InChI is InChI=1S/C12H12FN3O3/c1-7-6-15(8(2)14-7)10-4-9(13)5-11(19-3)12(10)16(17)18/h4-6H,1-3H3. The molecule has 19 heavy (non-hydrogen) atoms. The Hall–Kier alpha value is -2.44. The molecule has 0 saturated carbocycles. The molecule has 0 unspecified atom stereocenters. The van der Waals surface area contributed by atoms with E-state index < -0.39 is 10.7 Å². The molecule has 0 radical (unpaired) electrons. The number of halogens is 1. The fourth-order valence-corrected chi connectivity index (χ4v) is 1.95. The number of ether oxygens (including phenoxy) is 1. The highest BCUT2D eigenvalue weighted by atomic mass is 19.1. The van der Waals surface area contributed by atoms with Crippen molar-refractivity contribution < 1.29 is 14.1 Å². The van der Waals surface area contributed by atoms with E-state index in [0.29, 0.717) is 11.5 Å². The first kappa shape index (κ1) is 13.0. The molecular formula is C12H12FN3O3. The molecule has 0 N–H and O–H groups in total. The molecular weight excluding hydrogens is 253 g/mol. The molecule has 0 bridgehead atoms. The summed E-state index contributed by atoms with van der Waals surface area (Å²) in [7, 11) is 1.26. The zero-order chi connectivity index (χ0) is 14.2. The highest BCUT2D eigenvalue weighted by Crippen LogP contribution is 2.35. The lowest BCUT2D eigenvalue weighted by molar-refractivity contribution is -0.385. The zero-order valence-electron chi connectivity index (χ0n) is 10.7. The molecule has 0 aliphatic carbocycles. The summed E-state index contributed by atoms with van der Waals surface area (Å²) in [5.74, 6) is -0.192. The quantitative estimate of drug-likeness (QED) is 0.631. The summed E-state index contributed by atoms with van der Waals surface area (Å²) < 4.78 is 19.9. The Balaban J connectivity index is 2.78. The van der Waals surface area contributed by atoms with Gasteiger partial charge in [0.15, 0.2) is 0 Å². The highest BCUT2D eigenvalue weighted by Gasteiger charge is 2.24. The first-order valence-electron chi connectivity index (χ1n) is 5.49. The van der Waals surface area contributed by atoms with Crippen LogP contribution in [-0.4, -0.2) is 21.6 Å². The van der Waals surface area contributed by atoms with Gasteiger partial charge in [0.1, 0.15) is 17.3 Å². The topological polar surface area (TPSA) is 70.2 Å². The van der Waals surface area contributed by atoms with Crippen LogP contribution in [0.5, 0.6) is 5.75 Å². The van der Waals surface area contributed by atoms with E-state index in [1.54, 1.807) is 20.0 Å². The van der Waals surface area contributed by atoms with Crippen LogP contribution in [0.1, 0.15) is 11.5 Å². The van der Waals surface area contributed by atoms with E-state index in [1.807, 2.05) is 0 Å². The van der Waals surface area contributed by atoms with E-state index in [2.05, 4.69) is 4.98 Å². The Morgan fingerprint density at radius 1 is 1.42 bits per heavy atom. The number of methoxy groups -OCH3 is 1. The van der Waals surface area contributed by atoms with Crippen molar-refractivity contribution in [1.82, 2.24) is 9.55 Å². The Bertz CT molecular complexity index is 652. The third-order valence-electron chi connectivity index (χ3n) is 2.68. The van der Waals surface area contributed by atoms with Gasteiger partial charge in [-0.05, 0) is 13.8 Å². The third kappa shape index (κ3) is 2.26. The summed E-state index contributed by atoms with van der Waals surface area (Å²) in [5, 5.41) is 11.2. The van der Waals surface area contributed by atoms with Crippen LogP contribution in [0.25, 0.3) is 5.69 Å². The molecule has 7 heteroatoms. The maximum atomic E-state index is 13.5. The highest BCUT2D eigenvalue weighted by molar-refractivity contribution is 5.62. The van der Waals surface area contributed by atoms with Gasteiger partial charge < -0.3 is 4.74 Å². The molecule has 0 amide bonds. The molecule has 0 aliphatic heterocycles. The maximum Gasteiger partial charge on any atom is 0.334 e. The van der Waals surface area contributed by atoms with E-state index in [9.17, 15) is 14.5 Å². The lowest BCUT2D eigenvalue weighted by Gasteiger charge is -2.09. The predicted octanol–water partition coefficient (Wildman–Crippen LogP) is 2.55. The second-order valence-electron chi connectivity index (χ2n) is 4.03. The summed E-state index contributed by atoms with van der Waals surface area (Å²) in [6.45, 7) is 3.44. The minimum absolute atomic E-state index is 0.0972. The first-order chi connectivity index (χ1) is 8.93. The molecule has 0 atom stereocenters. The minimum Gasteiger partial charge on any atom is -0.490 e. The minimum atomic E-state index is -0.608. The molecule has 1 aromatic heterocycles. The van der Waals surface area contributed by atoms with Gasteiger partial charge in [-0.25, -0.2) is 9.37 Å². The second kappa shape index (κ2) is 4.68. The van der Waals surface area contributed by atoms with Crippen LogP contribution >= 0.6 is 0 Å². The van der Waals surface area contributed by atoms with Gasteiger partial charge in [0.05, 0.1) is 17.7 Å². The molecule has 2 aromatic rings. The number of nitrogens with zero attached hydrogens (tertiary/aromatic N) is 3. The predicted molar refractivity (Wildman–Crippen MR) is 66.2 cm³/mol. The summed E-state index contributed by atoms with van der Waals surface area (Å²) >= 11 is 0. The zero-order valence-corrected chi connectivity index (χ0v) is 10.7. The van der Waals surface area contributed by atoms with Crippen LogP contribution in [0.2, 0.25) is 0 Å². The summed E-state index contributed by atoms with van der Waals surface area (Å²) in [4.78, 5) is 14.7. The number of hydrogen-bond acceptors (Lipinski definition) is 4. The van der Waals surface area contributed by atoms with Gasteiger partial charge in [0.25, 0.3) is 0 Å². The Morgan fingerprint density at radius 3 is 2.58 bits per heavy atom. The summed E-state index contributed by atoms with van der Waals surface area (Å²) in [6.07, 6.45) is 1.61. The van der Waals surface area contributed by atoms with Gasteiger partial charge in [0.2, 0.25) is 5.75 Å². The van der Waals surface area contributed by atoms with Gasteiger partial charge in [-0.3, -0.25) is 14.7 Å². The largest absolute Gasteiger partial charge is 0.490 e. The molecule has 6 nitrogen and oxygen atoms in total. The van der Waals surface area contributed by atoms with Crippen LogP contribution in [0, 0.1) is 29.8 Å². The average molecular weight is 265 g/mol. The van der Waals surface area contributed by atoms with Crippen molar-refractivity contribution in [1.29, 1.82) is 0 Å². The van der Waals surface area contributed by atoms with Gasteiger partial charge in [-0.1, -0.05) is 0 Å². The fraction of sp³-hybridized carbons (Fsp3) is 0.250. The molecule has 2 rings (SSSR count). The van der Waals surface area contributed by atoms with Crippen molar-refractivity contribution in [2.45, 2.75) is 13.8 Å². The molecule has 0 spiro atoms. The normalized spacial score (nSPS) is 10.5. The molecule has 0 fully saturated rings. The number of hydrogen-bond donors (Lipinski definition) is 0. The van der Waals surface area contributed by atoms with Gasteiger partial charge >= 0.3 is 5.69 Å². The van der Waals surface area contributed by atoms with E-state index in [-0.39, 0.29) is 17.1 Å². The van der Waals surface area contributed by atoms with Crippen molar-refractivity contribution in [2.75, 3.05) is 7.11 Å². The third-order valence-corrected chi connectivity index (χ3v) is 2.68. The lowest BCUT2D eigenvalue weighted by atomic mass is 10.2. The SMILES string of the molecule is COc1cc(F)cc(-n2cc(C)nc2C)c1[N+](=O)[O-]. The van der Waals surface area contributed by atoms with Crippen LogP contribution in [0.15, 0.2) is 18.3 Å².